The average molecular weight is 373 g/mol. The number of aromatic nitrogens is 1. The summed E-state index contributed by atoms with van der Waals surface area (Å²) in [5.41, 5.74) is 4.78. The molecule has 3 aromatic rings. The van der Waals surface area contributed by atoms with Crippen LogP contribution in [0.2, 0.25) is 0 Å². The number of amides is 1. The SMILES string of the molecule is CC(C)C(=O)N1CCC(Cc2ccc(-c3cnc4ccccc4c3)cc2)CC1. The van der Waals surface area contributed by atoms with Crippen molar-refractivity contribution in [1.82, 2.24) is 9.88 Å². The van der Waals surface area contributed by atoms with Crippen LogP contribution < -0.4 is 0 Å². The molecule has 0 atom stereocenters. The first-order valence-corrected chi connectivity index (χ1v) is 10.3. The zero-order chi connectivity index (χ0) is 19.5. The molecule has 3 nitrogen and oxygen atoms in total. The first-order valence-electron chi connectivity index (χ1n) is 10.3. The highest BCUT2D eigenvalue weighted by atomic mass is 16.2. The van der Waals surface area contributed by atoms with Gasteiger partial charge in [0, 0.05) is 36.2 Å². The Balaban J connectivity index is 1.39. The van der Waals surface area contributed by atoms with Gasteiger partial charge >= 0.3 is 0 Å². The number of rotatable bonds is 4. The van der Waals surface area contributed by atoms with Crippen molar-refractivity contribution in [3.05, 3.63) is 66.4 Å². The monoisotopic (exact) mass is 372 g/mol. The summed E-state index contributed by atoms with van der Waals surface area (Å²) >= 11 is 0. The van der Waals surface area contributed by atoms with Crippen molar-refractivity contribution in [3.8, 4) is 11.1 Å². The minimum atomic E-state index is 0.105. The maximum Gasteiger partial charge on any atom is 0.225 e. The van der Waals surface area contributed by atoms with Crippen molar-refractivity contribution in [2.24, 2.45) is 11.8 Å². The summed E-state index contributed by atoms with van der Waals surface area (Å²) in [6.45, 7) is 5.78. The smallest absolute Gasteiger partial charge is 0.225 e. The fourth-order valence-electron chi connectivity index (χ4n) is 4.12. The molecule has 1 fully saturated rings. The first-order chi connectivity index (χ1) is 13.6. The molecule has 0 spiro atoms. The molecule has 1 aliphatic rings. The maximum absolute atomic E-state index is 12.1. The number of hydrogen-bond donors (Lipinski definition) is 0. The molecule has 1 aliphatic heterocycles. The Kier molecular flexibility index (Phi) is 5.43. The fraction of sp³-hybridized carbons (Fsp3) is 0.360. The van der Waals surface area contributed by atoms with Crippen LogP contribution in [0, 0.1) is 11.8 Å². The Morgan fingerprint density at radius 2 is 1.75 bits per heavy atom. The van der Waals surface area contributed by atoms with Crippen molar-refractivity contribution in [3.63, 3.8) is 0 Å². The Morgan fingerprint density at radius 3 is 2.46 bits per heavy atom. The third kappa shape index (κ3) is 4.09. The highest BCUT2D eigenvalue weighted by Gasteiger charge is 2.24. The second kappa shape index (κ2) is 8.14. The van der Waals surface area contributed by atoms with Crippen LogP contribution in [-0.2, 0) is 11.2 Å². The van der Waals surface area contributed by atoms with Crippen molar-refractivity contribution in [2.45, 2.75) is 33.1 Å². The molecule has 0 unspecified atom stereocenters. The Hall–Kier alpha value is -2.68. The van der Waals surface area contributed by atoms with Crippen LogP contribution in [-0.4, -0.2) is 28.9 Å². The molecule has 0 saturated carbocycles. The van der Waals surface area contributed by atoms with Gasteiger partial charge in [-0.25, -0.2) is 0 Å². The molecule has 2 heterocycles. The molecular formula is C25H28N2O. The van der Waals surface area contributed by atoms with Gasteiger partial charge < -0.3 is 4.90 Å². The van der Waals surface area contributed by atoms with Gasteiger partial charge in [-0.1, -0.05) is 56.3 Å². The van der Waals surface area contributed by atoms with Crippen molar-refractivity contribution in [2.75, 3.05) is 13.1 Å². The summed E-state index contributed by atoms with van der Waals surface area (Å²) in [4.78, 5) is 18.8. The molecule has 0 aliphatic carbocycles. The van der Waals surface area contributed by atoms with E-state index in [0.29, 0.717) is 11.8 Å². The standard InChI is InChI=1S/C25H28N2O/c1-18(2)25(28)27-13-11-20(12-14-27)15-19-7-9-21(10-8-19)23-16-22-5-3-4-6-24(22)26-17-23/h3-10,16-18,20H,11-15H2,1-2H3. The van der Waals surface area contributed by atoms with Crippen LogP contribution in [0.5, 0.6) is 0 Å². The van der Waals surface area contributed by atoms with E-state index in [9.17, 15) is 4.79 Å². The lowest BCUT2D eigenvalue weighted by atomic mass is 9.89. The van der Waals surface area contributed by atoms with Crippen LogP contribution in [0.1, 0.15) is 32.3 Å². The molecule has 4 rings (SSSR count). The Bertz CT molecular complexity index is 954. The number of carbonyl (C=O) groups is 1. The molecule has 0 bridgehead atoms. The zero-order valence-electron chi connectivity index (χ0n) is 16.8. The second-order valence-corrected chi connectivity index (χ2v) is 8.24. The normalized spacial score (nSPS) is 15.3. The Morgan fingerprint density at radius 1 is 1.04 bits per heavy atom. The number of benzene rings is 2. The summed E-state index contributed by atoms with van der Waals surface area (Å²) in [5, 5.41) is 1.17. The molecule has 3 heteroatoms. The van der Waals surface area contributed by atoms with Gasteiger partial charge in [0.2, 0.25) is 5.91 Å². The largest absolute Gasteiger partial charge is 0.342 e. The Labute approximate surface area is 167 Å². The lowest BCUT2D eigenvalue weighted by Crippen LogP contribution is -2.40. The van der Waals surface area contributed by atoms with Crippen molar-refractivity contribution >= 4 is 16.8 Å². The van der Waals surface area contributed by atoms with E-state index >= 15 is 0 Å². The van der Waals surface area contributed by atoms with Crippen LogP contribution in [0.25, 0.3) is 22.0 Å². The van der Waals surface area contributed by atoms with Gasteiger partial charge in [-0.05, 0) is 48.4 Å². The van der Waals surface area contributed by atoms with Crippen LogP contribution in [0.4, 0.5) is 0 Å². The van der Waals surface area contributed by atoms with Gasteiger partial charge in [0.05, 0.1) is 5.52 Å². The van der Waals surface area contributed by atoms with E-state index in [1.54, 1.807) is 0 Å². The number of likely N-dealkylation sites (tertiary alicyclic amines) is 1. The van der Waals surface area contributed by atoms with E-state index in [1.165, 1.54) is 16.5 Å². The molecule has 1 aromatic heterocycles. The number of piperidine rings is 1. The van der Waals surface area contributed by atoms with E-state index in [0.717, 1.165) is 43.4 Å². The van der Waals surface area contributed by atoms with E-state index in [-0.39, 0.29) is 5.92 Å². The lowest BCUT2D eigenvalue weighted by molar-refractivity contribution is -0.135. The summed E-state index contributed by atoms with van der Waals surface area (Å²) in [5.74, 6) is 1.07. The quantitative estimate of drug-likeness (QED) is 0.619. The maximum atomic E-state index is 12.1. The molecule has 0 N–H and O–H groups in total. The lowest BCUT2D eigenvalue weighted by Gasteiger charge is -2.33. The molecule has 144 valence electrons. The van der Waals surface area contributed by atoms with Crippen LogP contribution in [0.15, 0.2) is 60.8 Å². The fourth-order valence-corrected chi connectivity index (χ4v) is 4.12. The summed E-state index contributed by atoms with van der Waals surface area (Å²) in [7, 11) is 0. The molecule has 1 amide bonds. The van der Waals surface area contributed by atoms with Crippen molar-refractivity contribution < 1.29 is 4.79 Å². The minimum Gasteiger partial charge on any atom is -0.342 e. The molecular weight excluding hydrogens is 344 g/mol. The van der Waals surface area contributed by atoms with Gasteiger partial charge in [-0.2, -0.15) is 0 Å². The zero-order valence-corrected chi connectivity index (χ0v) is 16.8. The van der Waals surface area contributed by atoms with Crippen LogP contribution >= 0.6 is 0 Å². The number of hydrogen-bond acceptors (Lipinski definition) is 2. The van der Waals surface area contributed by atoms with E-state index < -0.39 is 0 Å². The highest BCUT2D eigenvalue weighted by Crippen LogP contribution is 2.26. The van der Waals surface area contributed by atoms with Crippen molar-refractivity contribution in [1.29, 1.82) is 0 Å². The number of para-hydroxylation sites is 1. The average Bonchev–Trinajstić information content (AvgIpc) is 2.74. The molecule has 28 heavy (non-hydrogen) atoms. The highest BCUT2D eigenvalue weighted by molar-refractivity contribution is 5.83. The third-order valence-electron chi connectivity index (χ3n) is 5.82. The summed E-state index contributed by atoms with van der Waals surface area (Å²) in [6, 6.07) is 19.3. The molecule has 2 aromatic carbocycles. The number of pyridine rings is 1. The predicted molar refractivity (Wildman–Crippen MR) is 115 cm³/mol. The minimum absolute atomic E-state index is 0.105. The van der Waals surface area contributed by atoms with Gasteiger partial charge in [-0.15, -0.1) is 0 Å². The van der Waals surface area contributed by atoms with Gasteiger partial charge in [0.25, 0.3) is 0 Å². The van der Waals surface area contributed by atoms with E-state index in [4.69, 9.17) is 0 Å². The summed E-state index contributed by atoms with van der Waals surface area (Å²) < 4.78 is 0. The third-order valence-corrected chi connectivity index (χ3v) is 5.82. The van der Waals surface area contributed by atoms with Gasteiger partial charge in [0.1, 0.15) is 0 Å². The number of fused-ring (bicyclic) bond motifs is 1. The first kappa shape index (κ1) is 18.7. The van der Waals surface area contributed by atoms with E-state index in [1.807, 2.05) is 37.1 Å². The summed E-state index contributed by atoms with van der Waals surface area (Å²) in [6.07, 6.45) is 5.27. The van der Waals surface area contributed by atoms with Gasteiger partial charge in [-0.3, -0.25) is 9.78 Å². The predicted octanol–water partition coefficient (Wildman–Crippen LogP) is 5.34. The van der Waals surface area contributed by atoms with Gasteiger partial charge in [0.15, 0.2) is 0 Å². The number of carbonyl (C=O) groups excluding carboxylic acids is 1. The topological polar surface area (TPSA) is 33.2 Å². The van der Waals surface area contributed by atoms with E-state index in [2.05, 4.69) is 47.4 Å². The molecule has 1 saturated heterocycles. The molecule has 0 radical (unpaired) electrons. The number of nitrogens with zero attached hydrogens (tertiary/aromatic N) is 2. The van der Waals surface area contributed by atoms with Crippen LogP contribution in [0.3, 0.4) is 0 Å². The second-order valence-electron chi connectivity index (χ2n) is 8.24.